The Kier molecular flexibility index (Phi) is 11.3. The van der Waals surface area contributed by atoms with E-state index < -0.39 is 0 Å². The number of nitrogens with one attached hydrogen (secondary N) is 1. The van der Waals surface area contributed by atoms with Crippen LogP contribution in [0.2, 0.25) is 0 Å². The minimum atomic E-state index is -0.209. The van der Waals surface area contributed by atoms with Gasteiger partial charge in [0.1, 0.15) is 0 Å². The number of piperidine rings is 1. The summed E-state index contributed by atoms with van der Waals surface area (Å²) in [7, 11) is 2.14. The Morgan fingerprint density at radius 2 is 1.62 bits per heavy atom. The molecule has 1 aliphatic rings. The van der Waals surface area contributed by atoms with Gasteiger partial charge < -0.3 is 16.0 Å². The van der Waals surface area contributed by atoms with Crippen molar-refractivity contribution >= 4 is 5.69 Å². The second kappa shape index (κ2) is 14.2. The molecule has 4 nitrogen and oxygen atoms in total. The quantitative estimate of drug-likeness (QED) is 0.360. The fraction of sp³-hybridized carbons (Fsp3) is 0.303. The number of aryl methyl sites for hydroxylation is 2. The van der Waals surface area contributed by atoms with Crippen LogP contribution in [0.1, 0.15) is 48.4 Å². The molecule has 0 aromatic heterocycles. The smallest absolute Gasteiger partial charge is 0.0991 e. The number of likely N-dealkylation sites (tertiary alicyclic amines) is 1. The highest BCUT2D eigenvalue weighted by molar-refractivity contribution is 5.65. The van der Waals surface area contributed by atoms with Gasteiger partial charge in [0.2, 0.25) is 0 Å². The van der Waals surface area contributed by atoms with Crippen LogP contribution in [0.4, 0.5) is 5.69 Å². The van der Waals surface area contributed by atoms with Crippen LogP contribution in [0.5, 0.6) is 0 Å². The van der Waals surface area contributed by atoms with Crippen LogP contribution in [-0.4, -0.2) is 25.0 Å². The van der Waals surface area contributed by atoms with Crippen LogP contribution in [0.25, 0.3) is 11.1 Å². The maximum absolute atomic E-state index is 9.01. The number of nitriles is 1. The average Bonchev–Trinajstić information content (AvgIpc) is 2.94. The van der Waals surface area contributed by atoms with Crippen LogP contribution in [-0.2, 0) is 5.54 Å². The zero-order valence-corrected chi connectivity index (χ0v) is 23.0. The molecular formula is C33H42N4. The molecule has 194 valence electrons. The van der Waals surface area contributed by atoms with Crippen molar-refractivity contribution < 1.29 is 0 Å². The van der Waals surface area contributed by atoms with Crippen molar-refractivity contribution in [2.24, 2.45) is 5.73 Å². The first-order valence-corrected chi connectivity index (χ1v) is 12.8. The maximum atomic E-state index is 9.01. The number of benzene rings is 3. The van der Waals surface area contributed by atoms with Gasteiger partial charge in [0.15, 0.2) is 0 Å². The number of nitrogens with zero attached hydrogens (tertiary/aromatic N) is 2. The first-order chi connectivity index (χ1) is 17.7. The van der Waals surface area contributed by atoms with E-state index in [-0.39, 0.29) is 5.54 Å². The molecule has 3 aromatic carbocycles. The summed E-state index contributed by atoms with van der Waals surface area (Å²) >= 11 is 0. The Balaban J connectivity index is 0.000000275. The highest BCUT2D eigenvalue weighted by Gasteiger charge is 2.31. The second-order valence-electron chi connectivity index (χ2n) is 9.61. The van der Waals surface area contributed by atoms with E-state index in [1.54, 1.807) is 0 Å². The average molecular weight is 495 g/mol. The topological polar surface area (TPSA) is 65.1 Å². The zero-order valence-electron chi connectivity index (χ0n) is 23.0. The third-order valence-corrected chi connectivity index (χ3v) is 6.92. The maximum Gasteiger partial charge on any atom is 0.0991 e. The second-order valence-corrected chi connectivity index (χ2v) is 9.61. The van der Waals surface area contributed by atoms with E-state index >= 15 is 0 Å². The van der Waals surface area contributed by atoms with Gasteiger partial charge in [-0.1, -0.05) is 56.0 Å². The summed E-state index contributed by atoms with van der Waals surface area (Å²) in [4.78, 5) is 2.33. The Hall–Kier alpha value is -3.65. The molecular weight excluding hydrogens is 452 g/mol. The molecule has 0 atom stereocenters. The lowest BCUT2D eigenvalue weighted by atomic mass is 9.81. The molecule has 0 saturated carbocycles. The summed E-state index contributed by atoms with van der Waals surface area (Å²) in [5, 5.41) is 12.3. The first kappa shape index (κ1) is 29.6. The number of nitrogens with two attached hydrogens (primary N) is 1. The normalized spacial score (nSPS) is 14.2. The number of anilines is 1. The molecule has 4 heteroatoms. The van der Waals surface area contributed by atoms with Crippen molar-refractivity contribution in [1.29, 1.82) is 5.26 Å². The lowest BCUT2D eigenvalue weighted by Gasteiger charge is -2.38. The molecule has 3 aromatic rings. The first-order valence-electron chi connectivity index (χ1n) is 12.8. The molecule has 0 spiro atoms. The number of hydrogen-bond acceptors (Lipinski definition) is 4. The molecule has 3 N–H and O–H groups in total. The van der Waals surface area contributed by atoms with E-state index in [1.807, 2.05) is 24.3 Å². The summed E-state index contributed by atoms with van der Waals surface area (Å²) in [6, 6.07) is 24.7. The van der Waals surface area contributed by atoms with Gasteiger partial charge in [0, 0.05) is 16.9 Å². The SMILES string of the molecule is C=C.C=C(CC)Nc1ccc(C)c(C)c1.CN1CCC(N)(c2ccc(-c3cccc(C#N)c3)cc2)CC1. The van der Waals surface area contributed by atoms with Crippen molar-refractivity contribution in [3.05, 3.63) is 114 Å². The summed E-state index contributed by atoms with van der Waals surface area (Å²) < 4.78 is 0. The minimum absolute atomic E-state index is 0.209. The van der Waals surface area contributed by atoms with Gasteiger partial charge in [-0.25, -0.2) is 0 Å². The van der Waals surface area contributed by atoms with Crippen LogP contribution < -0.4 is 11.1 Å². The van der Waals surface area contributed by atoms with E-state index in [9.17, 15) is 0 Å². The van der Waals surface area contributed by atoms with Gasteiger partial charge in [-0.3, -0.25) is 0 Å². The molecule has 0 unspecified atom stereocenters. The molecule has 0 amide bonds. The van der Waals surface area contributed by atoms with E-state index in [0.29, 0.717) is 5.56 Å². The van der Waals surface area contributed by atoms with Gasteiger partial charge in [-0.2, -0.15) is 5.26 Å². The summed E-state index contributed by atoms with van der Waals surface area (Å²) in [6.07, 6.45) is 2.95. The monoisotopic (exact) mass is 494 g/mol. The predicted octanol–water partition coefficient (Wildman–Crippen LogP) is 7.55. The van der Waals surface area contributed by atoms with E-state index in [0.717, 1.165) is 54.9 Å². The number of allylic oxidation sites excluding steroid dienone is 1. The third-order valence-electron chi connectivity index (χ3n) is 6.92. The highest BCUT2D eigenvalue weighted by Crippen LogP contribution is 2.31. The minimum Gasteiger partial charge on any atom is -0.359 e. The Bertz CT molecular complexity index is 1200. The number of hydrogen-bond donors (Lipinski definition) is 2. The molecule has 37 heavy (non-hydrogen) atoms. The van der Waals surface area contributed by atoms with Crippen molar-refractivity contribution in [2.75, 3.05) is 25.5 Å². The molecule has 4 rings (SSSR count). The lowest BCUT2D eigenvalue weighted by Crippen LogP contribution is -2.46. The van der Waals surface area contributed by atoms with Crippen LogP contribution in [0.15, 0.2) is 92.2 Å². The molecule has 0 bridgehead atoms. The standard InChI is InChI=1S/C19H21N3.C12H17N.C2H4/c1-22-11-9-19(21,10-12-22)18-7-5-16(6-8-18)17-4-2-3-15(13-17)14-20;1-5-11(4)13-12-7-6-9(2)10(3)8-12;1-2/h2-8,13H,9-12,21H2,1H3;6-8,13H,4-5H2,1-3H3;1-2H2. The van der Waals surface area contributed by atoms with Gasteiger partial charge >= 0.3 is 0 Å². The molecule has 1 fully saturated rings. The van der Waals surface area contributed by atoms with E-state index in [1.165, 1.54) is 16.7 Å². The van der Waals surface area contributed by atoms with Crippen LogP contribution >= 0.6 is 0 Å². The highest BCUT2D eigenvalue weighted by atomic mass is 15.1. The summed E-state index contributed by atoms with van der Waals surface area (Å²) in [6.45, 7) is 18.3. The van der Waals surface area contributed by atoms with Crippen molar-refractivity contribution in [3.8, 4) is 17.2 Å². The molecule has 1 heterocycles. The van der Waals surface area contributed by atoms with Gasteiger partial charge in [-0.05, 0) is 105 Å². The van der Waals surface area contributed by atoms with Gasteiger partial charge in [0.25, 0.3) is 0 Å². The van der Waals surface area contributed by atoms with E-state index in [4.69, 9.17) is 11.0 Å². The Labute approximate surface area is 224 Å². The summed E-state index contributed by atoms with van der Waals surface area (Å²) in [5.41, 5.74) is 15.3. The third kappa shape index (κ3) is 8.46. The van der Waals surface area contributed by atoms with E-state index in [2.05, 4.69) is 106 Å². The fourth-order valence-electron chi connectivity index (χ4n) is 4.18. The van der Waals surface area contributed by atoms with Crippen LogP contribution in [0.3, 0.4) is 0 Å². The molecule has 0 radical (unpaired) electrons. The van der Waals surface area contributed by atoms with Gasteiger partial charge in [-0.15, -0.1) is 13.2 Å². The largest absolute Gasteiger partial charge is 0.359 e. The van der Waals surface area contributed by atoms with Crippen LogP contribution in [0, 0.1) is 25.2 Å². The van der Waals surface area contributed by atoms with Crippen molar-refractivity contribution in [2.45, 2.75) is 45.6 Å². The number of rotatable bonds is 5. The van der Waals surface area contributed by atoms with Crippen molar-refractivity contribution in [1.82, 2.24) is 4.90 Å². The molecule has 0 aliphatic carbocycles. The fourth-order valence-corrected chi connectivity index (χ4v) is 4.18. The molecule has 1 saturated heterocycles. The van der Waals surface area contributed by atoms with Gasteiger partial charge in [0.05, 0.1) is 11.6 Å². The zero-order chi connectivity index (χ0) is 27.4. The lowest BCUT2D eigenvalue weighted by molar-refractivity contribution is 0.191. The Morgan fingerprint density at radius 1 is 0.973 bits per heavy atom. The van der Waals surface area contributed by atoms with Crippen molar-refractivity contribution in [3.63, 3.8) is 0 Å². The molecule has 1 aliphatic heterocycles. The predicted molar refractivity (Wildman–Crippen MR) is 159 cm³/mol. The Morgan fingerprint density at radius 3 is 2.19 bits per heavy atom. The summed E-state index contributed by atoms with van der Waals surface area (Å²) in [5.74, 6) is 0.